The Morgan fingerprint density at radius 2 is 2.10 bits per heavy atom. The first-order valence-electron chi connectivity index (χ1n) is 10.5. The zero-order chi connectivity index (χ0) is 21.1. The highest BCUT2D eigenvalue weighted by atomic mass is 16.5. The minimum atomic E-state index is -0.459. The summed E-state index contributed by atoms with van der Waals surface area (Å²) in [4.78, 5) is 20.8. The fraction of sp³-hybridized carbons (Fsp3) is 0.455. The van der Waals surface area contributed by atoms with E-state index >= 15 is 0 Å². The lowest BCUT2D eigenvalue weighted by atomic mass is 9.83. The van der Waals surface area contributed by atoms with Gasteiger partial charge in [0.1, 0.15) is 5.82 Å². The lowest BCUT2D eigenvalue weighted by Crippen LogP contribution is -2.42. The van der Waals surface area contributed by atoms with Crippen LogP contribution in [-0.2, 0) is 16.0 Å². The van der Waals surface area contributed by atoms with E-state index in [1.54, 1.807) is 10.9 Å². The maximum absolute atomic E-state index is 11.5. The first-order chi connectivity index (χ1) is 14.6. The quantitative estimate of drug-likeness (QED) is 0.618. The molecule has 8 heteroatoms. The molecule has 0 spiro atoms. The number of ether oxygens (including phenoxy) is 1. The van der Waals surface area contributed by atoms with Crippen LogP contribution in [-0.4, -0.2) is 44.4 Å². The molecule has 30 heavy (non-hydrogen) atoms. The number of hydrogen-bond acceptors (Lipinski definition) is 6. The van der Waals surface area contributed by atoms with E-state index in [1.165, 1.54) is 0 Å². The number of carbonyl (C=O) groups excluding carboxylic acids is 1. The Labute approximate surface area is 175 Å². The summed E-state index contributed by atoms with van der Waals surface area (Å²) in [5.41, 5.74) is 11.7. The summed E-state index contributed by atoms with van der Waals surface area (Å²) < 4.78 is 7.79. The number of carbonyl (C=O) groups is 1. The van der Waals surface area contributed by atoms with Crippen LogP contribution in [0, 0.1) is 0 Å². The number of hydrogen-bond donors (Lipinski definition) is 2. The van der Waals surface area contributed by atoms with Crippen molar-refractivity contribution in [2.24, 2.45) is 11.5 Å². The van der Waals surface area contributed by atoms with Gasteiger partial charge in [0.05, 0.1) is 12.5 Å². The minimum Gasteiger partial charge on any atom is -0.377 e. The largest absolute Gasteiger partial charge is 0.377 e. The average molecular weight is 409 g/mol. The maximum Gasteiger partial charge on any atom is 0.225 e. The molecular formula is C22H28N6O2. The molecule has 3 aromatic rings. The van der Waals surface area contributed by atoms with Crippen molar-refractivity contribution in [2.75, 3.05) is 6.61 Å². The molecule has 0 bridgehead atoms. The standard InChI is InChI=1S/C22H28N6O2/c1-2-11-30-18-12-15(7-8-17(18)23)21-26-20(13-19(24)29)27-28(21)22-16-6-4-3-5-14(16)9-10-25-22/h3-6,9-10,15,17-18H,2,7-8,11-13,23H2,1H3,(H2,24,29)/t15-,17-,18-/m0/s1. The second-order valence-electron chi connectivity index (χ2n) is 7.88. The molecule has 4 N–H and O–H groups in total. The molecule has 158 valence electrons. The van der Waals surface area contributed by atoms with E-state index in [4.69, 9.17) is 21.2 Å². The van der Waals surface area contributed by atoms with Crippen molar-refractivity contribution in [3.8, 4) is 5.82 Å². The number of benzene rings is 1. The van der Waals surface area contributed by atoms with Crippen molar-refractivity contribution in [1.82, 2.24) is 19.7 Å². The lowest BCUT2D eigenvalue weighted by Gasteiger charge is -2.33. The van der Waals surface area contributed by atoms with Gasteiger partial charge in [-0.05, 0) is 37.1 Å². The highest BCUT2D eigenvalue weighted by molar-refractivity contribution is 5.88. The van der Waals surface area contributed by atoms with Crippen molar-refractivity contribution >= 4 is 16.7 Å². The summed E-state index contributed by atoms with van der Waals surface area (Å²) in [6, 6.07) is 10.0. The highest BCUT2D eigenvalue weighted by Crippen LogP contribution is 2.34. The molecule has 0 radical (unpaired) electrons. The molecule has 0 saturated heterocycles. The van der Waals surface area contributed by atoms with E-state index < -0.39 is 5.91 Å². The lowest BCUT2D eigenvalue weighted by molar-refractivity contribution is -0.117. The van der Waals surface area contributed by atoms with Crippen LogP contribution in [0.1, 0.15) is 50.2 Å². The average Bonchev–Trinajstić information content (AvgIpc) is 3.15. The molecule has 1 aromatic carbocycles. The van der Waals surface area contributed by atoms with Crippen molar-refractivity contribution in [3.05, 3.63) is 48.2 Å². The first-order valence-corrected chi connectivity index (χ1v) is 10.5. The second kappa shape index (κ2) is 8.89. The van der Waals surface area contributed by atoms with Gasteiger partial charge in [-0.25, -0.2) is 9.97 Å². The Morgan fingerprint density at radius 3 is 2.90 bits per heavy atom. The molecule has 0 aliphatic heterocycles. The number of nitrogens with two attached hydrogens (primary N) is 2. The molecular weight excluding hydrogens is 380 g/mol. The molecule has 8 nitrogen and oxygen atoms in total. The summed E-state index contributed by atoms with van der Waals surface area (Å²) in [5.74, 6) is 1.55. The monoisotopic (exact) mass is 408 g/mol. The molecule has 2 aromatic heterocycles. The van der Waals surface area contributed by atoms with Gasteiger partial charge in [-0.1, -0.05) is 31.2 Å². The van der Waals surface area contributed by atoms with Gasteiger partial charge in [-0.3, -0.25) is 4.79 Å². The van der Waals surface area contributed by atoms with Crippen LogP contribution in [0.25, 0.3) is 16.6 Å². The maximum atomic E-state index is 11.5. The summed E-state index contributed by atoms with van der Waals surface area (Å²) >= 11 is 0. The fourth-order valence-electron chi connectivity index (χ4n) is 4.14. The van der Waals surface area contributed by atoms with Gasteiger partial charge in [0, 0.05) is 30.1 Å². The summed E-state index contributed by atoms with van der Waals surface area (Å²) in [6.45, 7) is 2.78. The topological polar surface area (TPSA) is 122 Å². The number of fused-ring (bicyclic) bond motifs is 1. The molecule has 3 atom stereocenters. The first kappa shape index (κ1) is 20.4. The molecule has 2 heterocycles. The van der Waals surface area contributed by atoms with E-state index in [0.29, 0.717) is 18.2 Å². The van der Waals surface area contributed by atoms with Gasteiger partial charge < -0.3 is 16.2 Å². The zero-order valence-corrected chi connectivity index (χ0v) is 17.2. The van der Waals surface area contributed by atoms with Gasteiger partial charge in [0.25, 0.3) is 0 Å². The van der Waals surface area contributed by atoms with E-state index in [9.17, 15) is 4.79 Å². The van der Waals surface area contributed by atoms with E-state index in [2.05, 4.69) is 17.0 Å². The molecule has 1 aliphatic rings. The van der Waals surface area contributed by atoms with Gasteiger partial charge in [-0.2, -0.15) is 4.68 Å². The molecule has 1 saturated carbocycles. The fourth-order valence-corrected chi connectivity index (χ4v) is 4.14. The minimum absolute atomic E-state index is 0.00718. The number of pyridine rings is 1. The molecule has 4 rings (SSSR count). The summed E-state index contributed by atoms with van der Waals surface area (Å²) in [6.07, 6.45) is 5.18. The zero-order valence-electron chi connectivity index (χ0n) is 17.2. The number of rotatable bonds is 7. The third-order valence-corrected chi connectivity index (χ3v) is 5.61. The van der Waals surface area contributed by atoms with Crippen LogP contribution in [0.15, 0.2) is 36.5 Å². The van der Waals surface area contributed by atoms with Gasteiger partial charge in [-0.15, -0.1) is 5.10 Å². The van der Waals surface area contributed by atoms with Gasteiger partial charge in [0.2, 0.25) is 5.91 Å². The van der Waals surface area contributed by atoms with Crippen molar-refractivity contribution < 1.29 is 9.53 Å². The number of aromatic nitrogens is 4. The highest BCUT2D eigenvalue weighted by Gasteiger charge is 2.33. The molecule has 1 amide bonds. The third-order valence-electron chi connectivity index (χ3n) is 5.61. The SMILES string of the molecule is CCCO[C@H]1C[C@@H](c2nc(CC(N)=O)nn2-c2nccc3ccccc23)CC[C@@H]1N. The van der Waals surface area contributed by atoms with E-state index in [-0.39, 0.29) is 24.5 Å². The van der Waals surface area contributed by atoms with E-state index in [1.807, 2.05) is 30.3 Å². The van der Waals surface area contributed by atoms with Crippen LogP contribution in [0.4, 0.5) is 0 Å². The Morgan fingerprint density at radius 1 is 1.27 bits per heavy atom. The number of amides is 1. The van der Waals surface area contributed by atoms with Gasteiger partial charge in [0.15, 0.2) is 11.6 Å². The molecule has 1 aliphatic carbocycles. The third kappa shape index (κ3) is 4.20. The van der Waals surface area contributed by atoms with Crippen LogP contribution >= 0.6 is 0 Å². The number of primary amides is 1. The molecule has 0 unspecified atom stereocenters. The predicted octanol–water partition coefficient (Wildman–Crippen LogP) is 2.23. The van der Waals surface area contributed by atoms with Crippen LogP contribution in [0.5, 0.6) is 0 Å². The number of nitrogens with zero attached hydrogens (tertiary/aromatic N) is 4. The summed E-state index contributed by atoms with van der Waals surface area (Å²) in [5, 5.41) is 6.66. The summed E-state index contributed by atoms with van der Waals surface area (Å²) in [7, 11) is 0. The van der Waals surface area contributed by atoms with Crippen LogP contribution in [0.2, 0.25) is 0 Å². The van der Waals surface area contributed by atoms with Crippen molar-refractivity contribution in [3.63, 3.8) is 0 Å². The smallest absolute Gasteiger partial charge is 0.225 e. The predicted molar refractivity (Wildman–Crippen MR) is 114 cm³/mol. The van der Waals surface area contributed by atoms with Crippen LogP contribution < -0.4 is 11.5 Å². The van der Waals surface area contributed by atoms with Crippen molar-refractivity contribution in [1.29, 1.82) is 0 Å². The second-order valence-corrected chi connectivity index (χ2v) is 7.88. The molecule has 1 fully saturated rings. The Kier molecular flexibility index (Phi) is 6.06. The Bertz CT molecular complexity index is 1030. The Hall–Kier alpha value is -2.84. The van der Waals surface area contributed by atoms with Crippen LogP contribution in [0.3, 0.4) is 0 Å². The van der Waals surface area contributed by atoms with Gasteiger partial charge >= 0.3 is 0 Å². The van der Waals surface area contributed by atoms with Crippen molar-refractivity contribution in [2.45, 2.75) is 57.1 Å². The Balaban J connectivity index is 1.75. The van der Waals surface area contributed by atoms with E-state index in [0.717, 1.165) is 42.3 Å². The normalized spacial score (nSPS) is 21.7.